The Kier molecular flexibility index (Phi) is 4.83. The van der Waals surface area contributed by atoms with E-state index in [4.69, 9.17) is 18.9 Å². The Bertz CT molecular complexity index is 418. The number of methoxy groups -OCH3 is 1. The number of hydrogen-bond acceptors (Lipinski definition) is 4. The van der Waals surface area contributed by atoms with Crippen molar-refractivity contribution in [3.05, 3.63) is 0 Å². The van der Waals surface area contributed by atoms with Crippen molar-refractivity contribution < 1.29 is 18.9 Å². The monoisotopic (exact) mass is 326 g/mol. The molecule has 4 nitrogen and oxygen atoms in total. The first-order valence-electron chi connectivity index (χ1n) is 9.32. The number of rotatable bonds is 7. The van der Waals surface area contributed by atoms with Crippen molar-refractivity contribution in [3.8, 4) is 0 Å². The van der Waals surface area contributed by atoms with Gasteiger partial charge in [-0.15, -0.1) is 0 Å². The lowest BCUT2D eigenvalue weighted by molar-refractivity contribution is -0.151. The maximum atomic E-state index is 6.24. The van der Waals surface area contributed by atoms with Crippen LogP contribution in [0.4, 0.5) is 0 Å². The van der Waals surface area contributed by atoms with E-state index < -0.39 is 0 Å². The first kappa shape index (κ1) is 17.7. The highest BCUT2D eigenvalue weighted by atomic mass is 16.6. The van der Waals surface area contributed by atoms with Crippen LogP contribution in [0.5, 0.6) is 0 Å². The quantitative estimate of drug-likeness (QED) is 0.671. The first-order valence-corrected chi connectivity index (χ1v) is 9.32. The minimum Gasteiger partial charge on any atom is -0.378 e. The van der Waals surface area contributed by atoms with Crippen LogP contribution in [0.3, 0.4) is 0 Å². The molecule has 0 radical (unpaired) electrons. The Balaban J connectivity index is 1.74. The molecule has 0 bridgehead atoms. The van der Waals surface area contributed by atoms with Crippen molar-refractivity contribution in [1.82, 2.24) is 0 Å². The van der Waals surface area contributed by atoms with Crippen molar-refractivity contribution in [2.75, 3.05) is 13.7 Å². The molecule has 2 saturated heterocycles. The molecular weight excluding hydrogens is 292 g/mol. The van der Waals surface area contributed by atoms with Crippen LogP contribution in [0.15, 0.2) is 0 Å². The molecule has 3 aliphatic rings. The third-order valence-electron chi connectivity index (χ3n) is 5.95. The van der Waals surface area contributed by atoms with Crippen molar-refractivity contribution in [1.29, 1.82) is 0 Å². The van der Waals surface area contributed by atoms with Gasteiger partial charge < -0.3 is 18.9 Å². The van der Waals surface area contributed by atoms with Gasteiger partial charge in [-0.3, -0.25) is 0 Å². The van der Waals surface area contributed by atoms with Gasteiger partial charge in [0.1, 0.15) is 5.60 Å². The minimum absolute atomic E-state index is 0.0289. The molecule has 1 saturated carbocycles. The topological polar surface area (TPSA) is 43.5 Å². The van der Waals surface area contributed by atoms with E-state index in [0.29, 0.717) is 6.10 Å². The van der Waals surface area contributed by atoms with E-state index in [-0.39, 0.29) is 35.4 Å². The third kappa shape index (κ3) is 3.33. The van der Waals surface area contributed by atoms with Crippen molar-refractivity contribution >= 4 is 0 Å². The summed E-state index contributed by atoms with van der Waals surface area (Å²) >= 11 is 0. The van der Waals surface area contributed by atoms with Crippen molar-refractivity contribution in [3.63, 3.8) is 0 Å². The molecule has 4 unspecified atom stereocenters. The van der Waals surface area contributed by atoms with Gasteiger partial charge in [-0.1, -0.05) is 13.8 Å². The Labute approximate surface area is 141 Å². The average molecular weight is 326 g/mol. The molecule has 0 aromatic rings. The molecule has 3 rings (SSSR count). The standard InChI is InChI=1S/C19H34O4/c1-12(2)7-8-15-18(5,23-15)17-16(20-6)14(22-13(3)4)9-10-19(17)11-21-19/h12-17H,7-11H2,1-6H3/t14?,15-,16?,17?,18?,19+/m1/s1. The summed E-state index contributed by atoms with van der Waals surface area (Å²) in [5.74, 6) is 0.992. The van der Waals surface area contributed by atoms with Crippen molar-refractivity contribution in [2.45, 2.75) is 95.9 Å². The Morgan fingerprint density at radius 3 is 2.43 bits per heavy atom. The lowest BCUT2D eigenvalue weighted by Gasteiger charge is -2.43. The van der Waals surface area contributed by atoms with Crippen LogP contribution in [0, 0.1) is 11.8 Å². The highest BCUT2D eigenvalue weighted by Gasteiger charge is 2.72. The molecule has 0 amide bonds. The Morgan fingerprint density at radius 2 is 1.91 bits per heavy atom. The lowest BCUT2D eigenvalue weighted by atomic mass is 9.68. The zero-order valence-corrected chi connectivity index (χ0v) is 15.6. The van der Waals surface area contributed by atoms with Gasteiger partial charge in [0.15, 0.2) is 0 Å². The Morgan fingerprint density at radius 1 is 1.22 bits per heavy atom. The average Bonchev–Trinajstić information content (AvgIpc) is 3.37. The summed E-state index contributed by atoms with van der Waals surface area (Å²) in [6, 6.07) is 0. The van der Waals surface area contributed by atoms with E-state index in [0.717, 1.165) is 31.8 Å². The molecule has 6 atom stereocenters. The molecule has 0 N–H and O–H groups in total. The molecule has 4 heteroatoms. The molecule has 3 fully saturated rings. The minimum atomic E-state index is -0.120. The maximum Gasteiger partial charge on any atom is 0.100 e. The van der Waals surface area contributed by atoms with Crippen LogP contribution in [-0.2, 0) is 18.9 Å². The summed E-state index contributed by atoms with van der Waals surface area (Å²) in [6.07, 6.45) is 5.18. The Hall–Kier alpha value is -0.160. The molecule has 1 spiro atoms. The number of ether oxygens (including phenoxy) is 4. The summed E-state index contributed by atoms with van der Waals surface area (Å²) in [5, 5.41) is 0. The summed E-state index contributed by atoms with van der Waals surface area (Å²) < 4.78 is 24.3. The van der Waals surface area contributed by atoms with E-state index >= 15 is 0 Å². The zero-order valence-electron chi connectivity index (χ0n) is 15.6. The summed E-state index contributed by atoms with van der Waals surface area (Å²) in [4.78, 5) is 0. The van der Waals surface area contributed by atoms with E-state index in [1.165, 1.54) is 6.42 Å². The number of hydrogen-bond donors (Lipinski definition) is 0. The lowest BCUT2D eigenvalue weighted by Crippen LogP contribution is -2.55. The fourth-order valence-electron chi connectivity index (χ4n) is 4.64. The zero-order chi connectivity index (χ0) is 16.8. The largest absolute Gasteiger partial charge is 0.378 e. The predicted molar refractivity (Wildman–Crippen MR) is 89.6 cm³/mol. The second-order valence-electron chi connectivity index (χ2n) is 8.55. The molecule has 23 heavy (non-hydrogen) atoms. The smallest absolute Gasteiger partial charge is 0.100 e. The molecule has 0 aromatic heterocycles. The molecule has 134 valence electrons. The highest BCUT2D eigenvalue weighted by Crippen LogP contribution is 2.59. The number of epoxide rings is 2. The summed E-state index contributed by atoms with van der Waals surface area (Å²) in [7, 11) is 1.81. The molecule has 2 aliphatic heterocycles. The molecule has 1 aliphatic carbocycles. The summed E-state index contributed by atoms with van der Waals surface area (Å²) in [6.45, 7) is 11.9. The molecular formula is C19H34O4. The van der Waals surface area contributed by atoms with Gasteiger partial charge in [-0.2, -0.15) is 0 Å². The first-order chi connectivity index (χ1) is 10.8. The van der Waals surface area contributed by atoms with Crippen LogP contribution < -0.4 is 0 Å². The van der Waals surface area contributed by atoms with Crippen LogP contribution in [0.1, 0.15) is 60.3 Å². The van der Waals surface area contributed by atoms with Gasteiger partial charge in [0.05, 0.1) is 42.5 Å². The van der Waals surface area contributed by atoms with Gasteiger partial charge in [0, 0.05) is 7.11 Å². The maximum absolute atomic E-state index is 6.24. The van der Waals surface area contributed by atoms with Crippen molar-refractivity contribution in [2.24, 2.45) is 11.8 Å². The van der Waals surface area contributed by atoms with Crippen LogP contribution in [0.25, 0.3) is 0 Å². The fraction of sp³-hybridized carbons (Fsp3) is 1.00. The van der Waals surface area contributed by atoms with E-state index in [1.807, 2.05) is 7.11 Å². The van der Waals surface area contributed by atoms with Gasteiger partial charge in [-0.25, -0.2) is 0 Å². The normalized spacial score (nSPS) is 45.9. The van der Waals surface area contributed by atoms with Crippen LogP contribution in [0.2, 0.25) is 0 Å². The van der Waals surface area contributed by atoms with E-state index in [2.05, 4.69) is 34.6 Å². The highest BCUT2D eigenvalue weighted by molar-refractivity contribution is 5.19. The van der Waals surface area contributed by atoms with E-state index in [1.54, 1.807) is 0 Å². The van der Waals surface area contributed by atoms with Gasteiger partial charge >= 0.3 is 0 Å². The van der Waals surface area contributed by atoms with E-state index in [9.17, 15) is 0 Å². The summed E-state index contributed by atoms with van der Waals surface area (Å²) in [5.41, 5.74) is -0.149. The predicted octanol–water partition coefficient (Wildman–Crippen LogP) is 3.57. The second kappa shape index (κ2) is 6.29. The van der Waals surface area contributed by atoms with Crippen LogP contribution in [-0.4, -0.2) is 49.3 Å². The SMILES string of the molecule is COC1C(OC(C)C)CC[C@]2(CO2)C1C1(C)O[C@@H]1CCC(C)C. The van der Waals surface area contributed by atoms with Crippen LogP contribution >= 0.6 is 0 Å². The second-order valence-corrected chi connectivity index (χ2v) is 8.55. The molecule has 0 aromatic carbocycles. The van der Waals surface area contributed by atoms with Gasteiger partial charge in [0.2, 0.25) is 0 Å². The fourth-order valence-corrected chi connectivity index (χ4v) is 4.64. The third-order valence-corrected chi connectivity index (χ3v) is 5.95. The van der Waals surface area contributed by atoms with Gasteiger partial charge in [-0.05, 0) is 52.4 Å². The molecule has 2 heterocycles. The van der Waals surface area contributed by atoms with Gasteiger partial charge in [0.25, 0.3) is 0 Å².